The summed E-state index contributed by atoms with van der Waals surface area (Å²) in [4.78, 5) is 24.3. The number of aryl methyl sites for hydroxylation is 3. The van der Waals surface area contributed by atoms with E-state index >= 15 is 0 Å². The number of carbonyl (C=O) groups excluding carboxylic acids is 1. The maximum Gasteiger partial charge on any atom is 0.163 e. The number of Topliss-reactive ketones (excluding diaryl/α,β-unsaturated/α-hetero) is 1. The average molecular weight is 241 g/mol. The Morgan fingerprint density at radius 3 is 2.17 bits per heavy atom. The van der Waals surface area contributed by atoms with Gasteiger partial charge in [-0.1, -0.05) is 0 Å². The minimum atomic E-state index is -0.0128. The average Bonchev–Trinajstić information content (AvgIpc) is 2.26. The number of pyridine rings is 1. The summed E-state index contributed by atoms with van der Waals surface area (Å²) in [5, 5.41) is 0. The first-order chi connectivity index (χ1) is 8.47. The monoisotopic (exact) mass is 241 g/mol. The van der Waals surface area contributed by atoms with Crippen molar-refractivity contribution < 1.29 is 4.79 Å². The van der Waals surface area contributed by atoms with Gasteiger partial charge in [0.1, 0.15) is 0 Å². The van der Waals surface area contributed by atoms with E-state index in [1.807, 2.05) is 32.9 Å². The Kier molecular flexibility index (Phi) is 3.19. The third-order valence-corrected chi connectivity index (χ3v) is 2.70. The molecule has 0 fully saturated rings. The fraction of sp³-hybridized carbons (Fsp3) is 0.286. The molecular weight excluding hydrogens is 226 g/mol. The molecule has 4 nitrogen and oxygen atoms in total. The van der Waals surface area contributed by atoms with Crippen LogP contribution in [-0.4, -0.2) is 20.7 Å². The highest BCUT2D eigenvalue weighted by Crippen LogP contribution is 2.18. The van der Waals surface area contributed by atoms with Crippen LogP contribution in [0.1, 0.15) is 34.4 Å². The molecule has 0 radical (unpaired) electrons. The van der Waals surface area contributed by atoms with Crippen molar-refractivity contribution in [1.29, 1.82) is 0 Å². The Hall–Kier alpha value is -2.10. The summed E-state index contributed by atoms with van der Waals surface area (Å²) in [6.45, 7) is 7.22. The van der Waals surface area contributed by atoms with Crippen molar-refractivity contribution in [3.05, 3.63) is 41.0 Å². The minimum absolute atomic E-state index is 0.0128. The predicted molar refractivity (Wildman–Crippen MR) is 69.5 cm³/mol. The van der Waals surface area contributed by atoms with Crippen molar-refractivity contribution in [2.45, 2.75) is 27.7 Å². The van der Waals surface area contributed by atoms with Crippen molar-refractivity contribution in [2.75, 3.05) is 0 Å². The first-order valence-corrected chi connectivity index (χ1v) is 5.77. The van der Waals surface area contributed by atoms with Gasteiger partial charge in [-0.15, -0.1) is 0 Å². The number of hydrogen-bond acceptors (Lipinski definition) is 4. The first-order valence-electron chi connectivity index (χ1n) is 5.77. The van der Waals surface area contributed by atoms with E-state index in [2.05, 4.69) is 15.0 Å². The maximum atomic E-state index is 11.3. The van der Waals surface area contributed by atoms with Crippen molar-refractivity contribution in [3.8, 4) is 11.4 Å². The summed E-state index contributed by atoms with van der Waals surface area (Å²) in [6, 6.07) is 3.88. The highest BCUT2D eigenvalue weighted by Gasteiger charge is 2.09. The van der Waals surface area contributed by atoms with E-state index in [9.17, 15) is 4.79 Å². The van der Waals surface area contributed by atoms with Gasteiger partial charge in [0.15, 0.2) is 11.6 Å². The number of ketones is 1. The van der Waals surface area contributed by atoms with Crippen molar-refractivity contribution >= 4 is 5.78 Å². The van der Waals surface area contributed by atoms with Crippen LogP contribution in [0.5, 0.6) is 0 Å². The number of hydrogen-bond donors (Lipinski definition) is 0. The second-order valence-corrected chi connectivity index (χ2v) is 4.39. The standard InChI is InChI=1S/C14H15N3O/c1-8-5-12(6-9(2)16-8)14-15-7-13(11(4)18)10(3)17-14/h5-7H,1-4H3. The quantitative estimate of drug-likeness (QED) is 0.758. The van der Waals surface area contributed by atoms with Crippen LogP contribution < -0.4 is 0 Å². The molecule has 18 heavy (non-hydrogen) atoms. The summed E-state index contributed by atoms with van der Waals surface area (Å²) in [5.74, 6) is 0.618. The van der Waals surface area contributed by atoms with Gasteiger partial charge in [-0.05, 0) is 39.8 Å². The molecule has 2 rings (SSSR count). The molecule has 0 aromatic carbocycles. The zero-order valence-electron chi connectivity index (χ0n) is 11.0. The highest BCUT2D eigenvalue weighted by atomic mass is 16.1. The molecule has 0 unspecified atom stereocenters. The lowest BCUT2D eigenvalue weighted by atomic mass is 10.1. The molecule has 0 spiro atoms. The van der Waals surface area contributed by atoms with Crippen LogP contribution in [0.25, 0.3) is 11.4 Å². The van der Waals surface area contributed by atoms with Gasteiger partial charge in [0, 0.05) is 23.1 Å². The van der Waals surface area contributed by atoms with Crippen LogP contribution in [0.4, 0.5) is 0 Å². The highest BCUT2D eigenvalue weighted by molar-refractivity contribution is 5.94. The predicted octanol–water partition coefficient (Wildman–Crippen LogP) is 2.67. The lowest BCUT2D eigenvalue weighted by molar-refractivity contribution is 0.101. The lowest BCUT2D eigenvalue weighted by Gasteiger charge is -2.06. The maximum absolute atomic E-state index is 11.3. The van der Waals surface area contributed by atoms with E-state index in [-0.39, 0.29) is 5.78 Å². The molecule has 0 amide bonds. The molecule has 0 atom stereocenters. The number of rotatable bonds is 2. The van der Waals surface area contributed by atoms with Gasteiger partial charge in [-0.3, -0.25) is 9.78 Å². The van der Waals surface area contributed by atoms with Crippen molar-refractivity contribution in [2.24, 2.45) is 0 Å². The number of nitrogens with zero attached hydrogens (tertiary/aromatic N) is 3. The van der Waals surface area contributed by atoms with Crippen LogP contribution in [0.3, 0.4) is 0 Å². The van der Waals surface area contributed by atoms with Gasteiger partial charge in [-0.2, -0.15) is 0 Å². The third kappa shape index (κ3) is 2.42. The van der Waals surface area contributed by atoms with Crippen molar-refractivity contribution in [3.63, 3.8) is 0 Å². The van der Waals surface area contributed by atoms with Gasteiger partial charge in [0.05, 0.1) is 11.3 Å². The van der Waals surface area contributed by atoms with E-state index in [0.29, 0.717) is 17.1 Å². The Labute approximate surface area is 106 Å². The van der Waals surface area contributed by atoms with Gasteiger partial charge in [0.2, 0.25) is 0 Å². The summed E-state index contributed by atoms with van der Waals surface area (Å²) in [5.41, 5.74) is 4.07. The lowest BCUT2D eigenvalue weighted by Crippen LogP contribution is -2.02. The fourth-order valence-electron chi connectivity index (χ4n) is 1.92. The topological polar surface area (TPSA) is 55.7 Å². The van der Waals surface area contributed by atoms with E-state index in [1.165, 1.54) is 6.92 Å². The Balaban J connectivity index is 2.52. The molecule has 92 valence electrons. The zero-order valence-corrected chi connectivity index (χ0v) is 11.0. The van der Waals surface area contributed by atoms with Crippen LogP contribution >= 0.6 is 0 Å². The van der Waals surface area contributed by atoms with Gasteiger partial charge in [0.25, 0.3) is 0 Å². The Morgan fingerprint density at radius 2 is 1.67 bits per heavy atom. The first kappa shape index (κ1) is 12.4. The smallest absolute Gasteiger partial charge is 0.163 e. The van der Waals surface area contributed by atoms with E-state index in [4.69, 9.17) is 0 Å². The normalized spacial score (nSPS) is 10.4. The molecule has 0 saturated carbocycles. The molecule has 0 aliphatic carbocycles. The third-order valence-electron chi connectivity index (χ3n) is 2.70. The van der Waals surface area contributed by atoms with E-state index in [0.717, 1.165) is 17.0 Å². The zero-order chi connectivity index (χ0) is 13.3. The molecule has 2 aromatic heterocycles. The van der Waals surface area contributed by atoms with Crippen molar-refractivity contribution in [1.82, 2.24) is 15.0 Å². The minimum Gasteiger partial charge on any atom is -0.294 e. The number of carbonyl (C=O) groups is 1. The van der Waals surface area contributed by atoms with Crippen LogP contribution in [0.15, 0.2) is 18.3 Å². The Morgan fingerprint density at radius 1 is 1.06 bits per heavy atom. The second-order valence-electron chi connectivity index (χ2n) is 4.39. The van der Waals surface area contributed by atoms with Crippen LogP contribution in [-0.2, 0) is 0 Å². The summed E-state index contributed by atoms with van der Waals surface area (Å²) >= 11 is 0. The van der Waals surface area contributed by atoms with E-state index < -0.39 is 0 Å². The van der Waals surface area contributed by atoms with Gasteiger partial charge in [-0.25, -0.2) is 9.97 Å². The van der Waals surface area contributed by atoms with Gasteiger partial charge >= 0.3 is 0 Å². The summed E-state index contributed by atoms with van der Waals surface area (Å²) < 4.78 is 0. The molecule has 2 heterocycles. The fourth-order valence-corrected chi connectivity index (χ4v) is 1.92. The molecule has 0 saturated heterocycles. The molecule has 0 bridgehead atoms. The van der Waals surface area contributed by atoms with Crippen LogP contribution in [0.2, 0.25) is 0 Å². The molecule has 0 aliphatic heterocycles. The summed E-state index contributed by atoms with van der Waals surface area (Å²) in [7, 11) is 0. The second kappa shape index (κ2) is 4.64. The molecule has 4 heteroatoms. The van der Waals surface area contributed by atoms with Crippen LogP contribution in [0, 0.1) is 20.8 Å². The number of aromatic nitrogens is 3. The molecule has 0 aliphatic rings. The SMILES string of the molecule is CC(=O)c1cnc(-c2cc(C)nc(C)c2)nc1C. The molecular formula is C14H15N3O. The van der Waals surface area contributed by atoms with Gasteiger partial charge < -0.3 is 0 Å². The largest absolute Gasteiger partial charge is 0.294 e. The molecule has 2 aromatic rings. The van der Waals surface area contributed by atoms with E-state index in [1.54, 1.807) is 6.20 Å². The Bertz CT molecular complexity index is 600. The summed E-state index contributed by atoms with van der Waals surface area (Å²) in [6.07, 6.45) is 1.59. The molecule has 0 N–H and O–H groups in total.